The molecule has 0 saturated carbocycles. The fraction of sp³-hybridized carbons (Fsp3) is 0.714. The van der Waals surface area contributed by atoms with E-state index in [0.717, 1.165) is 31.8 Å². The highest BCUT2D eigenvalue weighted by molar-refractivity contribution is 7.89. The SMILES string of the molecule is CCS(=O)(=O)NC[C@]12COC[C@H]1CN(Cc1ccoc1)C2. The van der Waals surface area contributed by atoms with Gasteiger partial charge in [-0.3, -0.25) is 4.90 Å². The standard InChI is InChI=1S/C14H22N2O4S/c1-2-21(17,18)15-9-14-10-16(5-12-3-4-19-7-12)6-13(14)8-20-11-14/h3-4,7,13,15H,2,5-6,8-11H2,1H3/t13-,14+/m1/s1. The molecule has 2 saturated heterocycles. The maximum absolute atomic E-state index is 11.7. The summed E-state index contributed by atoms with van der Waals surface area (Å²) in [7, 11) is -3.16. The summed E-state index contributed by atoms with van der Waals surface area (Å²) in [5.74, 6) is 0.511. The molecular formula is C14H22N2O4S. The summed E-state index contributed by atoms with van der Waals surface area (Å²) in [4.78, 5) is 2.36. The number of sulfonamides is 1. The van der Waals surface area contributed by atoms with E-state index in [2.05, 4.69) is 9.62 Å². The molecule has 118 valence electrons. The molecule has 6 nitrogen and oxygen atoms in total. The van der Waals surface area contributed by atoms with Crippen LogP contribution in [0.5, 0.6) is 0 Å². The fourth-order valence-corrected chi connectivity index (χ4v) is 4.02. The van der Waals surface area contributed by atoms with Crippen molar-refractivity contribution in [3.63, 3.8) is 0 Å². The van der Waals surface area contributed by atoms with E-state index in [0.29, 0.717) is 19.1 Å². The van der Waals surface area contributed by atoms with E-state index >= 15 is 0 Å². The molecule has 7 heteroatoms. The lowest BCUT2D eigenvalue weighted by molar-refractivity contribution is 0.128. The number of nitrogens with zero attached hydrogens (tertiary/aromatic N) is 1. The third-order valence-electron chi connectivity index (χ3n) is 4.60. The van der Waals surface area contributed by atoms with Gasteiger partial charge in [-0.05, 0) is 13.0 Å². The molecule has 0 radical (unpaired) electrons. The van der Waals surface area contributed by atoms with Crippen molar-refractivity contribution in [2.75, 3.05) is 38.6 Å². The van der Waals surface area contributed by atoms with E-state index in [1.54, 1.807) is 19.5 Å². The zero-order valence-electron chi connectivity index (χ0n) is 12.2. The van der Waals surface area contributed by atoms with Crippen LogP contribution in [-0.2, 0) is 21.3 Å². The van der Waals surface area contributed by atoms with Gasteiger partial charge in [-0.25, -0.2) is 13.1 Å². The summed E-state index contributed by atoms with van der Waals surface area (Å²) in [5.41, 5.74) is 1.06. The monoisotopic (exact) mass is 314 g/mol. The molecule has 3 rings (SSSR count). The fourth-order valence-electron chi connectivity index (χ4n) is 3.31. The van der Waals surface area contributed by atoms with Crippen LogP contribution in [0.1, 0.15) is 12.5 Å². The van der Waals surface area contributed by atoms with Crippen LogP contribution in [-0.4, -0.2) is 51.9 Å². The number of likely N-dealkylation sites (tertiary alicyclic amines) is 1. The van der Waals surface area contributed by atoms with Gasteiger partial charge in [0.1, 0.15) is 0 Å². The molecule has 0 bridgehead atoms. The van der Waals surface area contributed by atoms with Crippen molar-refractivity contribution in [1.82, 2.24) is 9.62 Å². The number of rotatable bonds is 6. The highest BCUT2D eigenvalue weighted by Gasteiger charge is 2.50. The van der Waals surface area contributed by atoms with Crippen molar-refractivity contribution >= 4 is 10.0 Å². The van der Waals surface area contributed by atoms with E-state index in [4.69, 9.17) is 9.15 Å². The zero-order valence-corrected chi connectivity index (χ0v) is 13.1. The van der Waals surface area contributed by atoms with Crippen molar-refractivity contribution in [3.05, 3.63) is 24.2 Å². The predicted octanol–water partition coefficient (Wildman–Crippen LogP) is 0.667. The van der Waals surface area contributed by atoms with Crippen molar-refractivity contribution in [2.24, 2.45) is 11.3 Å². The zero-order chi connectivity index (χ0) is 14.9. The molecule has 3 heterocycles. The van der Waals surface area contributed by atoms with Crippen LogP contribution in [0.2, 0.25) is 0 Å². The van der Waals surface area contributed by atoms with Crippen LogP contribution < -0.4 is 4.72 Å². The van der Waals surface area contributed by atoms with E-state index in [1.165, 1.54) is 0 Å². The average molecular weight is 314 g/mol. The third kappa shape index (κ3) is 3.15. The van der Waals surface area contributed by atoms with Crippen molar-refractivity contribution in [1.29, 1.82) is 0 Å². The Morgan fingerprint density at radius 3 is 3.10 bits per heavy atom. The van der Waals surface area contributed by atoms with Gasteiger partial charge in [0.2, 0.25) is 10.0 Å². The largest absolute Gasteiger partial charge is 0.472 e. The van der Waals surface area contributed by atoms with Gasteiger partial charge in [-0.2, -0.15) is 0 Å². The average Bonchev–Trinajstić information content (AvgIpc) is 3.13. The van der Waals surface area contributed by atoms with Crippen LogP contribution in [0.15, 0.2) is 23.0 Å². The quantitative estimate of drug-likeness (QED) is 0.835. The second-order valence-electron chi connectivity index (χ2n) is 6.10. The Morgan fingerprint density at radius 1 is 1.52 bits per heavy atom. The highest BCUT2D eigenvalue weighted by Crippen LogP contribution is 2.41. The minimum Gasteiger partial charge on any atom is -0.472 e. The smallest absolute Gasteiger partial charge is 0.211 e. The summed E-state index contributed by atoms with van der Waals surface area (Å²) >= 11 is 0. The number of ether oxygens (including phenoxy) is 1. The molecule has 1 N–H and O–H groups in total. The minimum atomic E-state index is -3.16. The maximum atomic E-state index is 11.7. The Labute approximate surface area is 125 Å². The first-order valence-electron chi connectivity index (χ1n) is 7.31. The van der Waals surface area contributed by atoms with Crippen LogP contribution in [0.3, 0.4) is 0 Å². The molecule has 0 spiro atoms. The summed E-state index contributed by atoms with van der Waals surface area (Å²) in [6.45, 7) is 6.11. The molecule has 2 atom stereocenters. The Morgan fingerprint density at radius 2 is 2.38 bits per heavy atom. The predicted molar refractivity (Wildman–Crippen MR) is 78.2 cm³/mol. The molecule has 0 amide bonds. The van der Waals surface area contributed by atoms with E-state index in [-0.39, 0.29) is 11.2 Å². The summed E-state index contributed by atoms with van der Waals surface area (Å²) in [6.07, 6.45) is 3.44. The van der Waals surface area contributed by atoms with Crippen LogP contribution in [0, 0.1) is 11.3 Å². The molecule has 1 aromatic heterocycles. The van der Waals surface area contributed by atoms with Gasteiger partial charge in [0.15, 0.2) is 0 Å². The van der Waals surface area contributed by atoms with Crippen LogP contribution in [0.4, 0.5) is 0 Å². The molecule has 2 fully saturated rings. The van der Waals surface area contributed by atoms with E-state index < -0.39 is 10.0 Å². The molecule has 2 aliphatic heterocycles. The second-order valence-corrected chi connectivity index (χ2v) is 8.20. The molecule has 0 unspecified atom stereocenters. The third-order valence-corrected chi connectivity index (χ3v) is 5.95. The first-order chi connectivity index (χ1) is 10.0. The second kappa shape index (κ2) is 5.72. The van der Waals surface area contributed by atoms with Gasteiger partial charge in [0, 0.05) is 43.1 Å². The number of nitrogens with one attached hydrogen (secondary N) is 1. The maximum Gasteiger partial charge on any atom is 0.211 e. The van der Waals surface area contributed by atoms with Gasteiger partial charge >= 0.3 is 0 Å². The van der Waals surface area contributed by atoms with Gasteiger partial charge in [0.25, 0.3) is 0 Å². The van der Waals surface area contributed by atoms with Gasteiger partial charge < -0.3 is 9.15 Å². The summed E-state index contributed by atoms with van der Waals surface area (Å²) in [6, 6.07) is 1.97. The van der Waals surface area contributed by atoms with Crippen molar-refractivity contribution < 1.29 is 17.6 Å². The van der Waals surface area contributed by atoms with Gasteiger partial charge in [-0.15, -0.1) is 0 Å². The lowest BCUT2D eigenvalue weighted by atomic mass is 9.81. The lowest BCUT2D eigenvalue weighted by Crippen LogP contribution is -2.43. The molecule has 0 aliphatic carbocycles. The van der Waals surface area contributed by atoms with Crippen molar-refractivity contribution in [2.45, 2.75) is 13.5 Å². The molecular weight excluding hydrogens is 292 g/mol. The van der Waals surface area contributed by atoms with Gasteiger partial charge in [-0.1, -0.05) is 0 Å². The lowest BCUT2D eigenvalue weighted by Gasteiger charge is -2.27. The van der Waals surface area contributed by atoms with Crippen molar-refractivity contribution in [3.8, 4) is 0 Å². The number of furan rings is 1. The first kappa shape index (κ1) is 15.0. The number of hydrogen-bond donors (Lipinski definition) is 1. The normalized spacial score (nSPS) is 29.9. The molecule has 0 aromatic carbocycles. The molecule has 1 aromatic rings. The van der Waals surface area contributed by atoms with E-state index in [9.17, 15) is 8.42 Å². The van der Waals surface area contributed by atoms with Crippen LogP contribution in [0.25, 0.3) is 0 Å². The Kier molecular flexibility index (Phi) is 4.09. The number of hydrogen-bond acceptors (Lipinski definition) is 5. The van der Waals surface area contributed by atoms with E-state index in [1.807, 2.05) is 6.07 Å². The Balaban J connectivity index is 1.66. The first-order valence-corrected chi connectivity index (χ1v) is 8.97. The topological polar surface area (TPSA) is 71.8 Å². The summed E-state index contributed by atoms with van der Waals surface area (Å²) in [5, 5.41) is 0. The van der Waals surface area contributed by atoms with Crippen LogP contribution >= 0.6 is 0 Å². The molecule has 2 aliphatic rings. The highest BCUT2D eigenvalue weighted by atomic mass is 32.2. The van der Waals surface area contributed by atoms with Gasteiger partial charge in [0.05, 0.1) is 31.5 Å². The Hall–Kier alpha value is -0.890. The Bertz CT molecular complexity index is 572. The summed E-state index contributed by atoms with van der Waals surface area (Å²) < 4.78 is 36.9. The molecule has 21 heavy (non-hydrogen) atoms. The minimum absolute atomic E-state index is 0.0913. The number of fused-ring (bicyclic) bond motifs is 1.